The number of anilines is 3. The lowest BCUT2D eigenvalue weighted by atomic mass is 10.1. The minimum atomic E-state index is -0.0184. The van der Waals surface area contributed by atoms with Gasteiger partial charge in [0.05, 0.1) is 18.7 Å². The second kappa shape index (κ2) is 17.8. The van der Waals surface area contributed by atoms with Gasteiger partial charge in [-0.1, -0.05) is 24.0 Å². The summed E-state index contributed by atoms with van der Waals surface area (Å²) in [6, 6.07) is 20.1. The average Bonchev–Trinajstić information content (AvgIpc) is 2.90. The number of benzene rings is 3. The van der Waals surface area contributed by atoms with Gasteiger partial charge >= 0.3 is 0 Å². The lowest BCUT2D eigenvalue weighted by Gasteiger charge is -2.27. The number of hydrogen-bond acceptors (Lipinski definition) is 7. The molecule has 0 unspecified atom stereocenters. The average molecular weight is 558 g/mol. The maximum Gasteiger partial charge on any atom is 0.153 e. The van der Waals surface area contributed by atoms with Gasteiger partial charge in [0.25, 0.3) is 0 Å². The van der Waals surface area contributed by atoms with Crippen molar-refractivity contribution in [1.29, 1.82) is 0 Å². The van der Waals surface area contributed by atoms with Crippen LogP contribution in [0.2, 0.25) is 0 Å². The Kier molecular flexibility index (Phi) is 14.8. The second-order valence-electron chi connectivity index (χ2n) is 10.1. The first kappa shape index (κ1) is 34.3. The van der Waals surface area contributed by atoms with Gasteiger partial charge in [-0.3, -0.25) is 4.79 Å². The summed E-state index contributed by atoms with van der Waals surface area (Å²) in [4.78, 5) is 14.6. The van der Waals surface area contributed by atoms with Crippen LogP contribution in [0.1, 0.15) is 51.9 Å². The number of terminal acetylenes is 2. The molecule has 0 aliphatic rings. The molecule has 4 N–H and O–H groups in total. The number of phenolic OH excluding ortho intramolecular Hbond substituents is 3. The van der Waals surface area contributed by atoms with Crippen LogP contribution in [0.5, 0.6) is 17.2 Å². The Morgan fingerprint density at radius 2 is 1.27 bits per heavy atom. The zero-order valence-electron chi connectivity index (χ0n) is 24.9. The first-order valence-electron chi connectivity index (χ1n) is 13.5. The maximum absolute atomic E-state index is 10.6. The number of hydrogen-bond donors (Lipinski definition) is 4. The van der Waals surface area contributed by atoms with E-state index < -0.39 is 0 Å². The van der Waals surface area contributed by atoms with Crippen molar-refractivity contribution in [1.82, 2.24) is 0 Å². The number of nitrogens with zero attached hydrogens (tertiary/aromatic N) is 2. The molecule has 3 rings (SSSR count). The predicted molar refractivity (Wildman–Crippen MR) is 171 cm³/mol. The molecule has 0 radical (unpaired) electrons. The molecule has 0 aromatic heterocycles. The number of aromatic hydroxyl groups is 3. The monoisotopic (exact) mass is 557 g/mol. The van der Waals surface area contributed by atoms with Crippen LogP contribution in [-0.2, 0) is 0 Å². The van der Waals surface area contributed by atoms with Crippen LogP contribution >= 0.6 is 0 Å². The molecule has 0 aliphatic heterocycles. The third-order valence-corrected chi connectivity index (χ3v) is 5.71. The largest absolute Gasteiger partial charge is 0.508 e. The summed E-state index contributed by atoms with van der Waals surface area (Å²) in [5, 5.41) is 31.2. The quantitative estimate of drug-likeness (QED) is 0.176. The molecule has 0 spiro atoms. The third kappa shape index (κ3) is 12.3. The molecule has 0 heterocycles. The van der Waals surface area contributed by atoms with Crippen LogP contribution in [-0.4, -0.2) is 52.8 Å². The van der Waals surface area contributed by atoms with Crippen LogP contribution < -0.4 is 15.1 Å². The summed E-state index contributed by atoms with van der Waals surface area (Å²) >= 11 is 0. The highest BCUT2D eigenvalue weighted by atomic mass is 16.3. The Morgan fingerprint density at radius 3 is 1.68 bits per heavy atom. The van der Waals surface area contributed by atoms with Crippen molar-refractivity contribution in [3.63, 3.8) is 0 Å². The van der Waals surface area contributed by atoms with Crippen LogP contribution in [0.15, 0.2) is 66.7 Å². The lowest BCUT2D eigenvalue weighted by molar-refractivity contribution is 0.112. The van der Waals surface area contributed by atoms with Crippen LogP contribution in [0, 0.1) is 24.7 Å². The Balaban J connectivity index is 0.000000313. The normalized spacial score (nSPS) is 9.93. The summed E-state index contributed by atoms with van der Waals surface area (Å²) < 4.78 is 0. The first-order valence-corrected chi connectivity index (χ1v) is 13.5. The fraction of sp³-hybridized carbons (Fsp3) is 0.324. The van der Waals surface area contributed by atoms with E-state index in [9.17, 15) is 15.0 Å². The second-order valence-corrected chi connectivity index (χ2v) is 10.1. The van der Waals surface area contributed by atoms with Gasteiger partial charge in [-0.2, -0.15) is 0 Å². The van der Waals surface area contributed by atoms with Crippen LogP contribution in [0.3, 0.4) is 0 Å². The number of rotatable bonds is 9. The Bertz CT molecular complexity index is 1310. The van der Waals surface area contributed by atoms with Gasteiger partial charge < -0.3 is 30.4 Å². The Morgan fingerprint density at radius 1 is 0.756 bits per heavy atom. The number of carbonyl (C=O) groups excluding carboxylic acids is 1. The topological polar surface area (TPSA) is 96.3 Å². The molecule has 7 heteroatoms. The molecule has 0 atom stereocenters. The van der Waals surface area contributed by atoms with Crippen molar-refractivity contribution in [2.24, 2.45) is 0 Å². The van der Waals surface area contributed by atoms with E-state index in [0.717, 1.165) is 17.1 Å². The summed E-state index contributed by atoms with van der Waals surface area (Å²) in [6.07, 6.45) is 11.2. The van der Waals surface area contributed by atoms with Crippen LogP contribution in [0.25, 0.3) is 0 Å². The van der Waals surface area contributed by atoms with Crippen molar-refractivity contribution in [2.45, 2.75) is 59.7 Å². The predicted octanol–water partition coefficient (Wildman–Crippen LogP) is 6.51. The molecule has 0 amide bonds. The van der Waals surface area contributed by atoms with E-state index >= 15 is 0 Å². The molecule has 3 aromatic rings. The van der Waals surface area contributed by atoms with E-state index in [-0.39, 0.29) is 23.1 Å². The van der Waals surface area contributed by atoms with Gasteiger partial charge in [0.15, 0.2) is 6.29 Å². The smallest absolute Gasteiger partial charge is 0.153 e. The summed E-state index contributed by atoms with van der Waals surface area (Å²) in [7, 11) is 0. The van der Waals surface area contributed by atoms with Crippen molar-refractivity contribution >= 4 is 23.3 Å². The standard InChI is InChI=1S/C13H15NO2.C12H15NO.C9H13NO/c1-4-7-14(10(2)3)12-6-5-11(9-15)13(16)8-12;1-4-8-13(10(2)3)11-6-5-7-12(14)9-11;1-7(2)10-8-4-3-5-9(11)6-8/h1,5-6,8-10,16H,7H2,2-3H3;1,5-7,9-10,14H,8H2,2-3H3;3-7,10-11H,1-2H3. The van der Waals surface area contributed by atoms with E-state index in [2.05, 4.69) is 49.8 Å². The summed E-state index contributed by atoms with van der Waals surface area (Å²) in [6.45, 7) is 13.3. The molecular formula is C34H43N3O4. The number of nitrogens with one attached hydrogen (secondary N) is 1. The molecule has 41 heavy (non-hydrogen) atoms. The number of carbonyl (C=O) groups is 1. The summed E-state index contributed by atoms with van der Waals surface area (Å²) in [5.74, 6) is 5.73. The SMILES string of the molecule is C#CCN(c1ccc(C=O)c(O)c1)C(C)C.C#CCN(c1cccc(O)c1)C(C)C.CC(C)Nc1cccc(O)c1. The van der Waals surface area contributed by atoms with E-state index in [4.69, 9.17) is 18.0 Å². The third-order valence-electron chi connectivity index (χ3n) is 5.71. The van der Waals surface area contributed by atoms with Gasteiger partial charge in [-0.25, -0.2) is 0 Å². The lowest BCUT2D eigenvalue weighted by Crippen LogP contribution is -2.30. The van der Waals surface area contributed by atoms with Crippen molar-refractivity contribution < 1.29 is 20.1 Å². The molecule has 218 valence electrons. The molecule has 7 nitrogen and oxygen atoms in total. The molecule has 0 aliphatic carbocycles. The van der Waals surface area contributed by atoms with Gasteiger partial charge in [0.2, 0.25) is 0 Å². The fourth-order valence-corrected chi connectivity index (χ4v) is 3.75. The van der Waals surface area contributed by atoms with Crippen molar-refractivity contribution in [3.05, 3.63) is 72.3 Å². The highest BCUT2D eigenvalue weighted by Crippen LogP contribution is 2.25. The molecule has 0 bridgehead atoms. The molecule has 0 saturated carbocycles. The fourth-order valence-electron chi connectivity index (χ4n) is 3.75. The zero-order valence-corrected chi connectivity index (χ0v) is 24.9. The van der Waals surface area contributed by atoms with E-state index in [0.29, 0.717) is 37.2 Å². The Labute approximate surface area is 245 Å². The number of phenols is 3. The minimum absolute atomic E-state index is 0.0184. The van der Waals surface area contributed by atoms with E-state index in [1.165, 1.54) is 0 Å². The highest BCUT2D eigenvalue weighted by molar-refractivity contribution is 5.80. The first-order chi connectivity index (χ1) is 19.4. The minimum Gasteiger partial charge on any atom is -0.508 e. The summed E-state index contributed by atoms with van der Waals surface area (Å²) in [5.41, 5.74) is 3.02. The van der Waals surface area contributed by atoms with Crippen molar-refractivity contribution in [3.8, 4) is 41.9 Å². The molecule has 0 saturated heterocycles. The van der Waals surface area contributed by atoms with E-state index in [1.54, 1.807) is 42.5 Å². The van der Waals surface area contributed by atoms with Gasteiger partial charge in [-0.15, -0.1) is 12.8 Å². The van der Waals surface area contributed by atoms with E-state index in [1.807, 2.05) is 43.0 Å². The van der Waals surface area contributed by atoms with Crippen molar-refractivity contribution in [2.75, 3.05) is 28.2 Å². The molecule has 0 fully saturated rings. The van der Waals surface area contributed by atoms with Gasteiger partial charge in [0.1, 0.15) is 17.2 Å². The number of aldehydes is 1. The van der Waals surface area contributed by atoms with Gasteiger partial charge in [-0.05, 0) is 77.9 Å². The molecule has 3 aromatic carbocycles. The van der Waals surface area contributed by atoms with Crippen LogP contribution in [0.4, 0.5) is 17.1 Å². The zero-order chi connectivity index (χ0) is 30.9. The molecular weight excluding hydrogens is 514 g/mol. The maximum atomic E-state index is 10.6. The Hall–Kier alpha value is -4.75. The highest BCUT2D eigenvalue weighted by Gasteiger charge is 2.11. The van der Waals surface area contributed by atoms with Gasteiger partial charge in [0, 0.05) is 53.4 Å².